The van der Waals surface area contributed by atoms with Gasteiger partial charge in [-0.05, 0) is 50.1 Å². The molecule has 0 atom stereocenters. The number of benzene rings is 2. The van der Waals surface area contributed by atoms with Crippen molar-refractivity contribution >= 4 is 37.5 Å². The Morgan fingerprint density at radius 3 is 2.38 bits per heavy atom. The minimum absolute atomic E-state index is 0.109. The van der Waals surface area contributed by atoms with E-state index in [1.165, 1.54) is 24.3 Å². The van der Waals surface area contributed by atoms with Gasteiger partial charge < -0.3 is 9.84 Å². The smallest absolute Gasteiger partial charge is 0.271 e. The van der Waals surface area contributed by atoms with Gasteiger partial charge in [-0.25, -0.2) is 4.39 Å². The minimum atomic E-state index is -0.531. The van der Waals surface area contributed by atoms with Crippen LogP contribution in [0.15, 0.2) is 39.3 Å². The van der Waals surface area contributed by atoms with E-state index in [4.69, 9.17) is 4.74 Å². The lowest BCUT2D eigenvalue weighted by Gasteiger charge is -2.12. The summed E-state index contributed by atoms with van der Waals surface area (Å²) in [4.78, 5) is 10.2. The molecule has 0 aliphatic carbocycles. The summed E-state index contributed by atoms with van der Waals surface area (Å²) in [5.41, 5.74) is 0.162. The van der Waals surface area contributed by atoms with Gasteiger partial charge in [-0.1, -0.05) is 0 Å². The molecule has 0 unspecified atom stereocenters. The fourth-order valence-electron chi connectivity index (χ4n) is 1.63. The third-order valence-electron chi connectivity index (χ3n) is 2.60. The highest BCUT2D eigenvalue weighted by molar-refractivity contribution is 9.11. The van der Waals surface area contributed by atoms with Crippen LogP contribution >= 0.6 is 31.9 Å². The maximum absolute atomic E-state index is 13.1. The summed E-state index contributed by atoms with van der Waals surface area (Å²) < 4.78 is 19.4. The van der Waals surface area contributed by atoms with Crippen molar-refractivity contribution in [2.45, 2.75) is 6.61 Å². The SMILES string of the molecule is O=[N+]([O-])c1cc(Br)c(Oc2ccc(F)cc2CO)c(Br)c1. The van der Waals surface area contributed by atoms with Crippen molar-refractivity contribution in [1.29, 1.82) is 0 Å². The number of hydrogen-bond acceptors (Lipinski definition) is 4. The molecule has 0 fully saturated rings. The average molecular weight is 421 g/mol. The Balaban J connectivity index is 2.43. The summed E-state index contributed by atoms with van der Waals surface area (Å²) in [7, 11) is 0. The first kappa shape index (κ1) is 15.9. The van der Waals surface area contributed by atoms with Crippen molar-refractivity contribution in [2.75, 3.05) is 0 Å². The van der Waals surface area contributed by atoms with E-state index in [1.54, 1.807) is 0 Å². The molecule has 0 saturated carbocycles. The van der Waals surface area contributed by atoms with Crippen molar-refractivity contribution < 1.29 is 19.2 Å². The third-order valence-corrected chi connectivity index (χ3v) is 3.78. The van der Waals surface area contributed by atoms with Gasteiger partial charge >= 0.3 is 0 Å². The molecule has 0 spiro atoms. The maximum Gasteiger partial charge on any atom is 0.271 e. The lowest BCUT2D eigenvalue weighted by atomic mass is 10.2. The first-order valence-electron chi connectivity index (χ1n) is 5.63. The number of hydrogen-bond donors (Lipinski definition) is 1. The quantitative estimate of drug-likeness (QED) is 0.582. The standard InChI is InChI=1S/C13H8Br2FNO4/c14-10-4-9(17(19)20)5-11(15)13(10)21-12-2-1-8(16)3-7(12)6-18/h1-5,18H,6H2. The molecule has 0 saturated heterocycles. The van der Waals surface area contributed by atoms with Crippen LogP contribution in [-0.4, -0.2) is 10.0 Å². The van der Waals surface area contributed by atoms with Gasteiger partial charge in [0, 0.05) is 17.7 Å². The second-order valence-electron chi connectivity index (χ2n) is 4.01. The van der Waals surface area contributed by atoms with E-state index in [2.05, 4.69) is 31.9 Å². The molecule has 0 aliphatic rings. The van der Waals surface area contributed by atoms with E-state index >= 15 is 0 Å². The molecule has 110 valence electrons. The molecule has 8 heteroatoms. The number of aliphatic hydroxyl groups is 1. The lowest BCUT2D eigenvalue weighted by molar-refractivity contribution is -0.385. The number of nitro benzene ring substituents is 1. The Hall–Kier alpha value is -1.51. The van der Waals surface area contributed by atoms with E-state index in [9.17, 15) is 19.6 Å². The van der Waals surface area contributed by atoms with E-state index in [0.717, 1.165) is 6.07 Å². The van der Waals surface area contributed by atoms with Gasteiger partial charge in [-0.3, -0.25) is 10.1 Å². The van der Waals surface area contributed by atoms with Crippen molar-refractivity contribution in [3.63, 3.8) is 0 Å². The lowest BCUT2D eigenvalue weighted by Crippen LogP contribution is -1.95. The number of halogens is 3. The van der Waals surface area contributed by atoms with Gasteiger partial charge in [-0.2, -0.15) is 0 Å². The molecule has 0 amide bonds. The molecule has 1 N–H and O–H groups in total. The van der Waals surface area contributed by atoms with E-state index in [0.29, 0.717) is 14.7 Å². The summed E-state index contributed by atoms with van der Waals surface area (Å²) in [6.07, 6.45) is 0. The van der Waals surface area contributed by atoms with Gasteiger partial charge in [0.2, 0.25) is 0 Å². The molecular formula is C13H8Br2FNO4. The molecule has 2 rings (SSSR count). The summed E-state index contributed by atoms with van der Waals surface area (Å²) in [5.74, 6) is 0.0595. The van der Waals surface area contributed by atoms with Gasteiger partial charge in [0.05, 0.1) is 20.5 Å². The van der Waals surface area contributed by atoms with Crippen LogP contribution in [-0.2, 0) is 6.61 Å². The second kappa shape index (κ2) is 6.50. The molecule has 0 heterocycles. The Labute approximate surface area is 135 Å². The van der Waals surface area contributed by atoms with Gasteiger partial charge in [0.25, 0.3) is 5.69 Å². The largest absolute Gasteiger partial charge is 0.455 e. The molecule has 5 nitrogen and oxygen atoms in total. The highest BCUT2D eigenvalue weighted by Crippen LogP contribution is 2.40. The number of rotatable bonds is 4. The summed E-state index contributed by atoms with van der Waals surface area (Å²) in [6.45, 7) is -0.394. The van der Waals surface area contributed by atoms with Crippen LogP contribution in [0.1, 0.15) is 5.56 Å². The van der Waals surface area contributed by atoms with Crippen molar-refractivity contribution in [3.05, 3.63) is 60.8 Å². The van der Waals surface area contributed by atoms with Crippen molar-refractivity contribution in [3.8, 4) is 11.5 Å². The zero-order chi connectivity index (χ0) is 15.6. The molecule has 2 aromatic carbocycles. The van der Waals surface area contributed by atoms with E-state index in [1.807, 2.05) is 0 Å². The van der Waals surface area contributed by atoms with Gasteiger partial charge in [0.1, 0.15) is 11.6 Å². The van der Waals surface area contributed by atoms with Gasteiger partial charge in [-0.15, -0.1) is 0 Å². The van der Waals surface area contributed by atoms with Crippen LogP contribution in [0.3, 0.4) is 0 Å². The second-order valence-corrected chi connectivity index (χ2v) is 5.72. The third kappa shape index (κ3) is 3.58. The highest BCUT2D eigenvalue weighted by Gasteiger charge is 2.17. The van der Waals surface area contributed by atoms with Crippen LogP contribution in [0.25, 0.3) is 0 Å². The number of non-ortho nitro benzene ring substituents is 1. The van der Waals surface area contributed by atoms with Crippen LogP contribution in [0, 0.1) is 15.9 Å². The van der Waals surface area contributed by atoms with Crippen molar-refractivity contribution in [1.82, 2.24) is 0 Å². The minimum Gasteiger partial charge on any atom is -0.455 e. The molecule has 21 heavy (non-hydrogen) atoms. The molecule has 2 aromatic rings. The molecule has 0 aliphatic heterocycles. The Morgan fingerprint density at radius 2 is 1.86 bits per heavy atom. The predicted octanol–water partition coefficient (Wildman–Crippen LogP) is 4.54. The zero-order valence-electron chi connectivity index (χ0n) is 10.3. The maximum atomic E-state index is 13.1. The summed E-state index contributed by atoms with van der Waals surface area (Å²) >= 11 is 6.38. The summed E-state index contributed by atoms with van der Waals surface area (Å²) in [6, 6.07) is 6.32. The van der Waals surface area contributed by atoms with Gasteiger partial charge in [0.15, 0.2) is 5.75 Å². The fraction of sp³-hybridized carbons (Fsp3) is 0.0769. The van der Waals surface area contributed by atoms with E-state index in [-0.39, 0.29) is 17.0 Å². The average Bonchev–Trinajstić information content (AvgIpc) is 2.43. The van der Waals surface area contributed by atoms with Crippen LogP contribution in [0.5, 0.6) is 11.5 Å². The van der Waals surface area contributed by atoms with Crippen LogP contribution in [0.2, 0.25) is 0 Å². The highest BCUT2D eigenvalue weighted by atomic mass is 79.9. The normalized spacial score (nSPS) is 10.5. The Bertz CT molecular complexity index is 686. The number of nitrogens with zero attached hydrogens (tertiary/aromatic N) is 1. The molecular weight excluding hydrogens is 413 g/mol. The zero-order valence-corrected chi connectivity index (χ0v) is 13.5. The number of nitro groups is 1. The van der Waals surface area contributed by atoms with Crippen LogP contribution in [0.4, 0.5) is 10.1 Å². The molecule has 0 bridgehead atoms. The van der Waals surface area contributed by atoms with Crippen LogP contribution < -0.4 is 4.74 Å². The van der Waals surface area contributed by atoms with Crippen molar-refractivity contribution in [2.24, 2.45) is 0 Å². The number of aliphatic hydroxyl groups excluding tert-OH is 1. The Morgan fingerprint density at radius 1 is 1.24 bits per heavy atom. The predicted molar refractivity (Wildman–Crippen MR) is 80.9 cm³/mol. The monoisotopic (exact) mass is 419 g/mol. The molecule has 0 radical (unpaired) electrons. The van der Waals surface area contributed by atoms with E-state index < -0.39 is 17.3 Å². The first-order chi connectivity index (χ1) is 9.92. The summed E-state index contributed by atoms with van der Waals surface area (Å²) in [5, 5.41) is 20.0. The fourth-order valence-corrected chi connectivity index (χ4v) is 2.95. The Kier molecular flexibility index (Phi) is 4.92. The molecule has 0 aromatic heterocycles. The number of ether oxygens (including phenoxy) is 1. The topological polar surface area (TPSA) is 72.6 Å². The first-order valence-corrected chi connectivity index (χ1v) is 7.21.